The van der Waals surface area contributed by atoms with E-state index in [9.17, 15) is 13.2 Å². The van der Waals surface area contributed by atoms with Gasteiger partial charge in [0.2, 0.25) is 0 Å². The molecule has 9 heteroatoms. The lowest BCUT2D eigenvalue weighted by Crippen LogP contribution is -2.26. The fourth-order valence-electron chi connectivity index (χ4n) is 2.88. The van der Waals surface area contributed by atoms with Crippen LogP contribution in [0.3, 0.4) is 0 Å². The van der Waals surface area contributed by atoms with Gasteiger partial charge in [-0.1, -0.05) is 23.7 Å². The SMILES string of the molecule is COc1ccc(NC(=O)c2cccc(S(=O)(=O)N(C)c3cccc(Cl)c3)c2)cc1OC. The summed E-state index contributed by atoms with van der Waals surface area (Å²) in [6, 6.07) is 17.3. The van der Waals surface area contributed by atoms with Crippen molar-refractivity contribution >= 4 is 38.9 Å². The molecule has 0 spiro atoms. The summed E-state index contributed by atoms with van der Waals surface area (Å²) in [4.78, 5) is 12.7. The molecule has 0 aliphatic rings. The number of rotatable bonds is 7. The predicted molar refractivity (Wildman–Crippen MR) is 121 cm³/mol. The Labute approximate surface area is 186 Å². The largest absolute Gasteiger partial charge is 0.493 e. The standard InChI is InChI=1S/C22H21ClN2O5S/c1-25(18-8-5-7-16(23)13-18)31(27,28)19-9-4-6-15(12-19)22(26)24-17-10-11-20(29-2)21(14-17)30-3/h4-14H,1-3H3,(H,24,26). The molecular formula is C22H21ClN2O5S. The monoisotopic (exact) mass is 460 g/mol. The molecule has 3 aromatic carbocycles. The van der Waals surface area contributed by atoms with E-state index in [0.29, 0.717) is 27.9 Å². The second-order valence-electron chi connectivity index (χ2n) is 6.50. The molecule has 162 valence electrons. The van der Waals surface area contributed by atoms with Crippen molar-refractivity contribution < 1.29 is 22.7 Å². The number of carbonyl (C=O) groups is 1. The lowest BCUT2D eigenvalue weighted by Gasteiger charge is -2.20. The zero-order valence-corrected chi connectivity index (χ0v) is 18.7. The zero-order chi connectivity index (χ0) is 22.6. The summed E-state index contributed by atoms with van der Waals surface area (Å²) in [6.07, 6.45) is 0. The van der Waals surface area contributed by atoms with E-state index in [4.69, 9.17) is 21.1 Å². The van der Waals surface area contributed by atoms with Crippen molar-refractivity contribution in [3.63, 3.8) is 0 Å². The Morgan fingerprint density at radius 3 is 2.32 bits per heavy atom. The lowest BCUT2D eigenvalue weighted by molar-refractivity contribution is 0.102. The predicted octanol–water partition coefficient (Wildman–Crippen LogP) is 4.43. The normalized spacial score (nSPS) is 11.0. The number of methoxy groups -OCH3 is 2. The maximum Gasteiger partial charge on any atom is 0.264 e. The molecule has 1 N–H and O–H groups in total. The first-order valence-corrected chi connectivity index (χ1v) is 11.0. The van der Waals surface area contributed by atoms with E-state index in [1.807, 2.05) is 0 Å². The molecule has 7 nitrogen and oxygen atoms in total. The Morgan fingerprint density at radius 2 is 1.65 bits per heavy atom. The number of carbonyl (C=O) groups excluding carboxylic acids is 1. The molecule has 0 heterocycles. The highest BCUT2D eigenvalue weighted by Crippen LogP contribution is 2.30. The second kappa shape index (κ2) is 9.28. The van der Waals surface area contributed by atoms with E-state index in [-0.39, 0.29) is 10.5 Å². The van der Waals surface area contributed by atoms with Crippen LogP contribution in [0.1, 0.15) is 10.4 Å². The van der Waals surface area contributed by atoms with Crippen molar-refractivity contribution in [2.45, 2.75) is 4.90 Å². The number of ether oxygens (including phenoxy) is 2. The Bertz CT molecular complexity index is 1210. The van der Waals surface area contributed by atoms with Gasteiger partial charge in [-0.3, -0.25) is 9.10 Å². The lowest BCUT2D eigenvalue weighted by atomic mass is 10.2. The van der Waals surface area contributed by atoms with E-state index in [0.717, 1.165) is 4.31 Å². The van der Waals surface area contributed by atoms with Crippen molar-refractivity contribution in [1.29, 1.82) is 0 Å². The number of amides is 1. The molecule has 0 aliphatic carbocycles. The fourth-order valence-corrected chi connectivity index (χ4v) is 4.30. The van der Waals surface area contributed by atoms with Gasteiger partial charge in [-0.2, -0.15) is 0 Å². The van der Waals surface area contributed by atoms with Crippen molar-refractivity contribution in [2.24, 2.45) is 0 Å². The number of nitrogens with zero attached hydrogens (tertiary/aromatic N) is 1. The van der Waals surface area contributed by atoms with Crippen LogP contribution in [-0.2, 0) is 10.0 Å². The van der Waals surface area contributed by atoms with Crippen LogP contribution in [0.15, 0.2) is 71.6 Å². The Kier molecular flexibility index (Phi) is 6.72. The molecule has 0 bridgehead atoms. The first kappa shape index (κ1) is 22.5. The molecule has 31 heavy (non-hydrogen) atoms. The van der Waals surface area contributed by atoms with Crippen LogP contribution in [0.25, 0.3) is 0 Å². The third-order valence-electron chi connectivity index (χ3n) is 4.57. The van der Waals surface area contributed by atoms with Gasteiger partial charge in [0, 0.05) is 29.4 Å². The van der Waals surface area contributed by atoms with E-state index in [1.54, 1.807) is 42.5 Å². The molecule has 0 fully saturated rings. The number of benzene rings is 3. The average molecular weight is 461 g/mol. The molecule has 3 rings (SSSR count). The maximum atomic E-state index is 13.1. The van der Waals surface area contributed by atoms with E-state index < -0.39 is 15.9 Å². The first-order valence-electron chi connectivity index (χ1n) is 9.14. The van der Waals surface area contributed by atoms with Gasteiger partial charge in [-0.15, -0.1) is 0 Å². The summed E-state index contributed by atoms with van der Waals surface area (Å²) in [5.41, 5.74) is 1.08. The third-order valence-corrected chi connectivity index (χ3v) is 6.58. The molecule has 0 saturated heterocycles. The summed E-state index contributed by atoms with van der Waals surface area (Å²) >= 11 is 5.98. The number of nitrogens with one attached hydrogen (secondary N) is 1. The minimum absolute atomic E-state index is 0.0186. The molecule has 3 aromatic rings. The topological polar surface area (TPSA) is 84.9 Å². The number of sulfonamides is 1. The van der Waals surface area contributed by atoms with Gasteiger partial charge in [0.25, 0.3) is 15.9 Å². The van der Waals surface area contributed by atoms with Crippen LogP contribution in [-0.4, -0.2) is 35.6 Å². The fraction of sp³-hybridized carbons (Fsp3) is 0.136. The summed E-state index contributed by atoms with van der Waals surface area (Å²) in [5, 5.41) is 3.15. The first-order chi connectivity index (χ1) is 14.8. The van der Waals surface area contributed by atoms with Gasteiger partial charge in [0.05, 0.1) is 24.8 Å². The summed E-state index contributed by atoms with van der Waals surface area (Å²) in [7, 11) is 0.539. The van der Waals surface area contributed by atoms with Crippen molar-refractivity contribution in [3.05, 3.63) is 77.3 Å². The van der Waals surface area contributed by atoms with Gasteiger partial charge in [-0.05, 0) is 48.5 Å². The van der Waals surface area contributed by atoms with Crippen molar-refractivity contribution in [2.75, 3.05) is 30.9 Å². The minimum atomic E-state index is -3.90. The summed E-state index contributed by atoms with van der Waals surface area (Å²) in [6.45, 7) is 0. The van der Waals surface area contributed by atoms with Gasteiger partial charge in [-0.25, -0.2) is 8.42 Å². The maximum absolute atomic E-state index is 13.1. The molecular weight excluding hydrogens is 440 g/mol. The molecule has 0 atom stereocenters. The Hall–Kier alpha value is -3.23. The van der Waals surface area contributed by atoms with Gasteiger partial charge >= 0.3 is 0 Å². The van der Waals surface area contributed by atoms with E-state index in [1.165, 1.54) is 45.5 Å². The van der Waals surface area contributed by atoms with Crippen LogP contribution < -0.4 is 19.1 Å². The van der Waals surface area contributed by atoms with E-state index in [2.05, 4.69) is 5.32 Å². The molecule has 0 aliphatic heterocycles. The van der Waals surface area contributed by atoms with Crippen LogP contribution >= 0.6 is 11.6 Å². The number of hydrogen-bond acceptors (Lipinski definition) is 5. The summed E-state index contributed by atoms with van der Waals surface area (Å²) < 4.78 is 37.6. The second-order valence-corrected chi connectivity index (χ2v) is 8.91. The molecule has 0 aromatic heterocycles. The Balaban J connectivity index is 1.86. The quantitative estimate of drug-likeness (QED) is 0.563. The number of hydrogen-bond donors (Lipinski definition) is 1. The summed E-state index contributed by atoms with van der Waals surface area (Å²) in [5.74, 6) is 0.520. The average Bonchev–Trinajstić information content (AvgIpc) is 2.78. The van der Waals surface area contributed by atoms with Crippen LogP contribution in [0, 0.1) is 0 Å². The number of anilines is 2. The van der Waals surface area contributed by atoms with Crippen LogP contribution in [0.4, 0.5) is 11.4 Å². The highest BCUT2D eigenvalue weighted by molar-refractivity contribution is 7.92. The zero-order valence-electron chi connectivity index (χ0n) is 17.1. The highest BCUT2D eigenvalue weighted by atomic mass is 35.5. The molecule has 0 saturated carbocycles. The third kappa shape index (κ3) is 4.92. The van der Waals surface area contributed by atoms with Crippen LogP contribution in [0.5, 0.6) is 11.5 Å². The molecule has 1 amide bonds. The van der Waals surface area contributed by atoms with Crippen LogP contribution in [0.2, 0.25) is 5.02 Å². The molecule has 0 radical (unpaired) electrons. The minimum Gasteiger partial charge on any atom is -0.493 e. The highest BCUT2D eigenvalue weighted by Gasteiger charge is 2.23. The molecule has 0 unspecified atom stereocenters. The smallest absolute Gasteiger partial charge is 0.264 e. The van der Waals surface area contributed by atoms with Gasteiger partial charge in [0.1, 0.15) is 0 Å². The van der Waals surface area contributed by atoms with Crippen molar-refractivity contribution in [1.82, 2.24) is 0 Å². The Morgan fingerprint density at radius 1 is 0.935 bits per heavy atom. The van der Waals surface area contributed by atoms with E-state index >= 15 is 0 Å². The van der Waals surface area contributed by atoms with Crippen molar-refractivity contribution in [3.8, 4) is 11.5 Å². The van der Waals surface area contributed by atoms with Gasteiger partial charge in [0.15, 0.2) is 11.5 Å². The van der Waals surface area contributed by atoms with Gasteiger partial charge < -0.3 is 14.8 Å². The number of halogens is 1.